The number of amides is 1. The van der Waals surface area contributed by atoms with E-state index < -0.39 is 0 Å². The number of likely N-dealkylation sites (N-methyl/N-ethyl adjacent to an activating group) is 1. The maximum Gasteiger partial charge on any atom is 0.222 e. The first-order valence-corrected chi connectivity index (χ1v) is 10.8. The summed E-state index contributed by atoms with van der Waals surface area (Å²) in [5.41, 5.74) is 3.99. The second-order valence-electron chi connectivity index (χ2n) is 8.26. The minimum absolute atomic E-state index is 0.0734. The summed E-state index contributed by atoms with van der Waals surface area (Å²) in [7, 11) is 1.98. The highest BCUT2D eigenvalue weighted by atomic mass is 32.2. The molecule has 0 saturated carbocycles. The van der Waals surface area contributed by atoms with Crippen LogP contribution in [0.25, 0.3) is 10.9 Å². The molecular weight excluding hydrogens is 364 g/mol. The van der Waals surface area contributed by atoms with Gasteiger partial charge in [-0.05, 0) is 54.7 Å². The Morgan fingerprint density at radius 1 is 1.11 bits per heavy atom. The van der Waals surface area contributed by atoms with Gasteiger partial charge in [-0.2, -0.15) is 0 Å². The first-order valence-electron chi connectivity index (χ1n) is 9.96. The fourth-order valence-corrected chi connectivity index (χ4v) is 5.97. The van der Waals surface area contributed by atoms with E-state index in [0.717, 1.165) is 24.8 Å². The van der Waals surface area contributed by atoms with Gasteiger partial charge in [0.2, 0.25) is 5.91 Å². The molecule has 28 heavy (non-hydrogen) atoms. The molecule has 3 nitrogen and oxygen atoms in total. The predicted molar refractivity (Wildman–Crippen MR) is 114 cm³/mol. The highest BCUT2D eigenvalue weighted by Gasteiger charge is 2.46. The number of fused-ring (bicyclic) bond motifs is 4. The number of carbonyl (C=O) groups excluding carboxylic acids is 1. The Kier molecular flexibility index (Phi) is 4.20. The Morgan fingerprint density at radius 2 is 1.96 bits per heavy atom. The standard InChI is InChI=1S/C24H24N2OS/c1-24-12-11-23(27)26(2)22(24)10-7-16-13-18(8-9-20(16)24)28-19-14-17-5-3-4-6-21(17)25-15-19/h3-6,8-9,13-15,22H,7,10-12H2,1-2H3/t22-,24-/m1/s1. The van der Waals surface area contributed by atoms with E-state index in [-0.39, 0.29) is 5.41 Å². The first-order chi connectivity index (χ1) is 13.5. The lowest BCUT2D eigenvalue weighted by molar-refractivity contribution is -0.138. The maximum atomic E-state index is 12.2. The van der Waals surface area contributed by atoms with Crippen LogP contribution in [-0.4, -0.2) is 28.9 Å². The van der Waals surface area contributed by atoms with Crippen molar-refractivity contribution in [2.75, 3.05) is 7.05 Å². The molecule has 1 fully saturated rings. The molecule has 142 valence electrons. The number of hydrogen-bond acceptors (Lipinski definition) is 3. The molecule has 1 aliphatic heterocycles. The van der Waals surface area contributed by atoms with Gasteiger partial charge in [0.05, 0.1) is 5.52 Å². The number of rotatable bonds is 2. The molecule has 3 aromatic rings. The largest absolute Gasteiger partial charge is 0.342 e. The molecule has 5 rings (SSSR count). The second-order valence-corrected chi connectivity index (χ2v) is 9.41. The lowest BCUT2D eigenvalue weighted by Gasteiger charge is -2.50. The molecule has 1 amide bonds. The highest BCUT2D eigenvalue weighted by molar-refractivity contribution is 7.99. The fraction of sp³-hybridized carbons (Fsp3) is 0.333. The van der Waals surface area contributed by atoms with Gasteiger partial charge in [0.25, 0.3) is 0 Å². The van der Waals surface area contributed by atoms with E-state index in [0.29, 0.717) is 18.4 Å². The van der Waals surface area contributed by atoms with Crippen molar-refractivity contribution in [2.45, 2.75) is 53.9 Å². The van der Waals surface area contributed by atoms with E-state index >= 15 is 0 Å². The van der Waals surface area contributed by atoms with Crippen LogP contribution in [0.5, 0.6) is 0 Å². The van der Waals surface area contributed by atoms with Gasteiger partial charge in [-0.1, -0.05) is 43.0 Å². The van der Waals surface area contributed by atoms with E-state index in [2.05, 4.69) is 48.3 Å². The van der Waals surface area contributed by atoms with Gasteiger partial charge in [0.15, 0.2) is 0 Å². The summed E-state index contributed by atoms with van der Waals surface area (Å²) in [6, 6.07) is 17.7. The van der Waals surface area contributed by atoms with E-state index in [9.17, 15) is 4.79 Å². The molecule has 1 saturated heterocycles. The molecule has 4 heteroatoms. The SMILES string of the molecule is CN1C(=O)CC[C@]2(C)c3ccc(Sc4cnc5ccccc5c4)cc3CC[C@@H]12. The first kappa shape index (κ1) is 17.7. The quantitative estimate of drug-likeness (QED) is 0.604. The molecule has 0 N–H and O–H groups in total. The van der Waals surface area contributed by atoms with Crippen LogP contribution in [0.15, 0.2) is 64.5 Å². The summed E-state index contributed by atoms with van der Waals surface area (Å²) in [6.45, 7) is 2.35. The Balaban J connectivity index is 1.45. The predicted octanol–water partition coefficient (Wildman–Crippen LogP) is 5.21. The number of likely N-dealkylation sites (tertiary alicyclic amines) is 1. The third kappa shape index (κ3) is 2.82. The monoisotopic (exact) mass is 388 g/mol. The summed E-state index contributed by atoms with van der Waals surface area (Å²) >= 11 is 1.78. The van der Waals surface area contributed by atoms with Crippen molar-refractivity contribution in [3.05, 3.63) is 65.9 Å². The van der Waals surface area contributed by atoms with Gasteiger partial charge in [-0.3, -0.25) is 9.78 Å². The average Bonchev–Trinajstić information content (AvgIpc) is 2.71. The summed E-state index contributed by atoms with van der Waals surface area (Å²) in [6.07, 6.45) is 5.66. The van der Waals surface area contributed by atoms with Crippen molar-refractivity contribution in [1.29, 1.82) is 0 Å². The molecular formula is C24H24N2OS. The number of para-hydroxylation sites is 1. The highest BCUT2D eigenvalue weighted by Crippen LogP contribution is 2.46. The third-order valence-electron chi connectivity index (χ3n) is 6.63. The molecule has 2 aromatic carbocycles. The zero-order valence-corrected chi connectivity index (χ0v) is 17.1. The van der Waals surface area contributed by atoms with E-state index in [1.807, 2.05) is 30.3 Å². The van der Waals surface area contributed by atoms with E-state index in [1.54, 1.807) is 11.8 Å². The van der Waals surface area contributed by atoms with Gasteiger partial charge >= 0.3 is 0 Å². The number of hydrogen-bond donors (Lipinski definition) is 0. The van der Waals surface area contributed by atoms with Gasteiger partial charge in [-0.15, -0.1) is 0 Å². The minimum Gasteiger partial charge on any atom is -0.342 e. The molecule has 2 heterocycles. The number of aromatic nitrogens is 1. The van der Waals surface area contributed by atoms with Crippen molar-refractivity contribution < 1.29 is 4.79 Å². The van der Waals surface area contributed by atoms with Crippen LogP contribution in [0.1, 0.15) is 37.3 Å². The number of pyridine rings is 1. The van der Waals surface area contributed by atoms with Crippen molar-refractivity contribution in [2.24, 2.45) is 0 Å². The molecule has 0 unspecified atom stereocenters. The lowest BCUT2D eigenvalue weighted by Crippen LogP contribution is -2.56. The van der Waals surface area contributed by atoms with Crippen LogP contribution in [0.2, 0.25) is 0 Å². The number of carbonyl (C=O) groups is 1. The minimum atomic E-state index is 0.0734. The number of aryl methyl sites for hydroxylation is 1. The molecule has 2 atom stereocenters. The molecule has 2 aliphatic rings. The lowest BCUT2D eigenvalue weighted by atomic mass is 9.63. The van der Waals surface area contributed by atoms with Crippen LogP contribution in [-0.2, 0) is 16.6 Å². The van der Waals surface area contributed by atoms with E-state index in [4.69, 9.17) is 0 Å². The smallest absolute Gasteiger partial charge is 0.222 e. The van der Waals surface area contributed by atoms with Crippen LogP contribution in [0.3, 0.4) is 0 Å². The van der Waals surface area contributed by atoms with Crippen molar-refractivity contribution in [3.8, 4) is 0 Å². The summed E-state index contributed by atoms with van der Waals surface area (Å²) in [5, 5.41) is 1.18. The van der Waals surface area contributed by atoms with Gasteiger partial charge in [0.1, 0.15) is 0 Å². The second kappa shape index (κ2) is 6.63. The summed E-state index contributed by atoms with van der Waals surface area (Å²) in [4.78, 5) is 21.2. The third-order valence-corrected chi connectivity index (χ3v) is 7.58. The van der Waals surface area contributed by atoms with Gasteiger partial charge in [0, 0.05) is 46.3 Å². The van der Waals surface area contributed by atoms with Crippen LogP contribution in [0, 0.1) is 0 Å². The number of nitrogens with zero attached hydrogens (tertiary/aromatic N) is 2. The topological polar surface area (TPSA) is 33.2 Å². The molecule has 0 radical (unpaired) electrons. The maximum absolute atomic E-state index is 12.2. The normalized spacial score (nSPS) is 24.1. The van der Waals surface area contributed by atoms with Crippen LogP contribution < -0.4 is 0 Å². The molecule has 1 aromatic heterocycles. The molecule has 0 bridgehead atoms. The Labute approximate surface area is 170 Å². The molecule has 0 spiro atoms. The van der Waals surface area contributed by atoms with Gasteiger partial charge in [-0.25, -0.2) is 0 Å². The zero-order chi connectivity index (χ0) is 19.3. The molecule has 1 aliphatic carbocycles. The fourth-order valence-electron chi connectivity index (χ4n) is 5.07. The van der Waals surface area contributed by atoms with Gasteiger partial charge < -0.3 is 4.90 Å². The average molecular weight is 389 g/mol. The zero-order valence-electron chi connectivity index (χ0n) is 16.3. The Morgan fingerprint density at radius 3 is 2.86 bits per heavy atom. The van der Waals surface area contributed by atoms with E-state index in [1.165, 1.54) is 26.3 Å². The van der Waals surface area contributed by atoms with Crippen molar-refractivity contribution in [1.82, 2.24) is 9.88 Å². The van der Waals surface area contributed by atoms with Crippen molar-refractivity contribution in [3.63, 3.8) is 0 Å². The Bertz CT molecular complexity index is 1080. The summed E-state index contributed by atoms with van der Waals surface area (Å²) in [5.74, 6) is 0.293. The van der Waals surface area contributed by atoms with Crippen LogP contribution >= 0.6 is 11.8 Å². The summed E-state index contributed by atoms with van der Waals surface area (Å²) < 4.78 is 0. The van der Waals surface area contributed by atoms with Crippen molar-refractivity contribution >= 4 is 28.6 Å². The van der Waals surface area contributed by atoms with Crippen LogP contribution in [0.4, 0.5) is 0 Å². The number of benzene rings is 2. The number of piperidine rings is 1. The Hall–Kier alpha value is -2.33.